The van der Waals surface area contributed by atoms with Crippen molar-refractivity contribution in [3.63, 3.8) is 0 Å². The van der Waals surface area contributed by atoms with Crippen molar-refractivity contribution in [1.82, 2.24) is 0 Å². The average Bonchev–Trinajstić information content (AvgIpc) is 3.30. The number of hydrogen-bond donors (Lipinski definition) is 0. The van der Waals surface area contributed by atoms with Gasteiger partial charge >= 0.3 is 6.18 Å². The van der Waals surface area contributed by atoms with Crippen LogP contribution in [0.5, 0.6) is 0 Å². The Morgan fingerprint density at radius 1 is 0.523 bits per heavy atom. The van der Waals surface area contributed by atoms with E-state index < -0.39 is 40.3 Å². The van der Waals surface area contributed by atoms with Gasteiger partial charge in [-0.25, -0.2) is 8.78 Å². The Balaban J connectivity index is 1.67. The number of nitrogens with zero attached hydrogens (tertiary/aromatic N) is 3. The Hall–Kier alpha value is -5.16. The summed E-state index contributed by atoms with van der Waals surface area (Å²) in [6.45, 7) is 0. The van der Waals surface area contributed by atoms with Crippen molar-refractivity contribution in [1.29, 1.82) is 5.26 Å². The number of benzene rings is 5. The van der Waals surface area contributed by atoms with Crippen molar-refractivity contribution in [2.45, 2.75) is 31.9 Å². The van der Waals surface area contributed by atoms with Crippen LogP contribution in [-0.4, -0.2) is 0 Å². The minimum absolute atomic E-state index is 0.313. The lowest BCUT2D eigenvalue weighted by molar-refractivity contribution is -0.136. The smallest absolute Gasteiger partial charge is 0.308 e. The summed E-state index contributed by atoms with van der Waals surface area (Å²) in [5, 5.41) is 10.2. The highest BCUT2D eigenvalue weighted by Gasteiger charge is 2.46. The van der Waals surface area contributed by atoms with Crippen LogP contribution in [0.3, 0.4) is 0 Å². The van der Waals surface area contributed by atoms with Gasteiger partial charge in [0.05, 0.1) is 11.4 Å². The van der Waals surface area contributed by atoms with Crippen molar-refractivity contribution in [3.05, 3.63) is 142 Å². The first kappa shape index (κ1) is 27.7. The number of hydrogen-bond acceptors (Lipinski definition) is 3. The van der Waals surface area contributed by atoms with Gasteiger partial charge in [0.2, 0.25) is 0 Å². The summed E-state index contributed by atoms with van der Waals surface area (Å²) in [5.74, 6) is -3.37. The molecule has 2 aliphatic heterocycles. The Kier molecular flexibility index (Phi) is 6.62. The Labute approximate surface area is 251 Å². The van der Waals surface area contributed by atoms with Gasteiger partial charge in [0, 0.05) is 22.7 Å². The summed E-state index contributed by atoms with van der Waals surface area (Å²) < 4.78 is 79.9. The Bertz CT molecular complexity index is 1880. The molecule has 7 rings (SSSR count). The molecule has 2 aliphatic rings. The van der Waals surface area contributed by atoms with Gasteiger partial charge < -0.3 is 9.80 Å². The molecule has 0 atom stereocenters. The molecule has 0 aromatic heterocycles. The molecule has 0 saturated carbocycles. The molecule has 0 radical (unpaired) electrons. The molecule has 0 fully saturated rings. The fourth-order valence-electron chi connectivity index (χ4n) is 6.51. The molecule has 5 aromatic carbocycles. The fourth-order valence-corrected chi connectivity index (χ4v) is 6.51. The van der Waals surface area contributed by atoms with Gasteiger partial charge in [-0.1, -0.05) is 72.8 Å². The number of fused-ring (bicyclic) bond motifs is 4. The molecule has 5 aromatic rings. The van der Waals surface area contributed by atoms with Crippen LogP contribution in [0, 0.1) is 23.0 Å². The van der Waals surface area contributed by atoms with E-state index in [9.17, 15) is 5.26 Å². The van der Waals surface area contributed by atoms with Crippen molar-refractivity contribution in [2.24, 2.45) is 0 Å². The average molecular weight is 594 g/mol. The summed E-state index contributed by atoms with van der Waals surface area (Å²) >= 11 is 0. The van der Waals surface area contributed by atoms with Crippen LogP contribution in [0.1, 0.15) is 33.4 Å². The highest BCUT2D eigenvalue weighted by atomic mass is 19.4. The minimum atomic E-state index is -5.20. The first-order valence-corrected chi connectivity index (χ1v) is 14.2. The van der Waals surface area contributed by atoms with E-state index in [1.165, 1.54) is 9.80 Å². The molecule has 0 N–H and O–H groups in total. The van der Waals surface area contributed by atoms with Gasteiger partial charge in [-0.3, -0.25) is 0 Å². The van der Waals surface area contributed by atoms with E-state index in [4.69, 9.17) is 0 Å². The maximum Gasteiger partial charge on any atom is 0.420 e. The molecular weight excluding hydrogens is 569 g/mol. The Morgan fingerprint density at radius 3 is 1.20 bits per heavy atom. The monoisotopic (exact) mass is 593 g/mol. The molecule has 0 aliphatic carbocycles. The summed E-state index contributed by atoms with van der Waals surface area (Å²) in [7, 11) is 0. The molecule has 0 spiro atoms. The van der Waals surface area contributed by atoms with Gasteiger partial charge in [-0.15, -0.1) is 0 Å². The third-order valence-electron chi connectivity index (χ3n) is 8.43. The predicted octanol–water partition coefficient (Wildman–Crippen LogP) is 9.99. The van der Waals surface area contributed by atoms with Crippen LogP contribution in [-0.2, 0) is 31.9 Å². The van der Waals surface area contributed by atoms with Crippen LogP contribution < -0.4 is 9.80 Å². The molecule has 0 amide bonds. The third kappa shape index (κ3) is 4.31. The van der Waals surface area contributed by atoms with E-state index in [0.29, 0.717) is 59.6 Å². The number of rotatable bonds is 2. The lowest BCUT2D eigenvalue weighted by Gasteiger charge is -2.35. The maximum atomic E-state index is 16.5. The van der Waals surface area contributed by atoms with E-state index in [0.717, 1.165) is 11.1 Å². The highest BCUT2D eigenvalue weighted by Crippen LogP contribution is 2.55. The SMILES string of the molecule is N#Cc1c(F)c(F)c(N2c3ccccc3CCc3ccccc32)c(C(F)(F)F)c1N1c2ccccc2CCc2ccccc21. The zero-order chi connectivity index (χ0) is 30.6. The van der Waals surface area contributed by atoms with Gasteiger partial charge in [0.15, 0.2) is 11.6 Å². The molecular formula is C36H24F5N3. The van der Waals surface area contributed by atoms with Crippen LogP contribution in [0.2, 0.25) is 0 Å². The van der Waals surface area contributed by atoms with E-state index in [1.54, 1.807) is 103 Å². The largest absolute Gasteiger partial charge is 0.420 e. The molecule has 8 heteroatoms. The summed E-state index contributed by atoms with van der Waals surface area (Å²) in [6, 6.07) is 29.1. The van der Waals surface area contributed by atoms with Crippen LogP contribution in [0.25, 0.3) is 0 Å². The van der Waals surface area contributed by atoms with Gasteiger partial charge in [-0.2, -0.15) is 18.4 Å². The number of anilines is 6. The first-order valence-electron chi connectivity index (χ1n) is 14.2. The zero-order valence-electron chi connectivity index (χ0n) is 23.3. The summed E-state index contributed by atoms with van der Waals surface area (Å²) in [5.41, 5.74) is 0.0200. The fraction of sp³-hybridized carbons (Fsp3) is 0.139. The molecule has 3 nitrogen and oxygen atoms in total. The van der Waals surface area contributed by atoms with Crippen LogP contribution in [0.15, 0.2) is 97.1 Å². The van der Waals surface area contributed by atoms with Crippen molar-refractivity contribution < 1.29 is 22.0 Å². The lowest BCUT2D eigenvalue weighted by atomic mass is 9.97. The van der Waals surface area contributed by atoms with Gasteiger partial charge in [-0.05, 0) is 72.2 Å². The predicted molar refractivity (Wildman–Crippen MR) is 160 cm³/mol. The number of aryl methyl sites for hydroxylation is 4. The van der Waals surface area contributed by atoms with E-state index in [1.807, 2.05) is 0 Å². The zero-order valence-corrected chi connectivity index (χ0v) is 23.3. The normalized spacial score (nSPS) is 14.0. The van der Waals surface area contributed by atoms with Crippen LogP contribution in [0.4, 0.5) is 56.1 Å². The summed E-state index contributed by atoms with van der Waals surface area (Å²) in [4.78, 5) is 2.47. The molecule has 44 heavy (non-hydrogen) atoms. The number of nitriles is 1. The van der Waals surface area contributed by atoms with Crippen molar-refractivity contribution in [3.8, 4) is 6.07 Å². The molecule has 0 unspecified atom stereocenters. The quantitative estimate of drug-likeness (QED) is 0.191. The van der Waals surface area contributed by atoms with Crippen LogP contribution >= 0.6 is 0 Å². The first-order chi connectivity index (χ1) is 21.3. The highest BCUT2D eigenvalue weighted by molar-refractivity contribution is 5.93. The van der Waals surface area contributed by atoms with Crippen molar-refractivity contribution in [2.75, 3.05) is 9.80 Å². The summed E-state index contributed by atoms with van der Waals surface area (Å²) in [6.07, 6.45) is -3.19. The second kappa shape index (κ2) is 10.5. The third-order valence-corrected chi connectivity index (χ3v) is 8.43. The molecule has 2 heterocycles. The number of alkyl halides is 3. The second-order valence-electron chi connectivity index (χ2n) is 10.9. The number of halogens is 5. The molecule has 218 valence electrons. The second-order valence-corrected chi connectivity index (χ2v) is 10.9. The van der Waals surface area contributed by atoms with Gasteiger partial charge in [0.1, 0.15) is 17.2 Å². The molecule has 0 bridgehead atoms. The van der Waals surface area contributed by atoms with E-state index in [2.05, 4.69) is 0 Å². The standard InChI is InChI=1S/C36H24F5N3/c37-32-26(21-42)34(43-27-13-5-1-9-22(27)17-18-23-10-2-6-14-28(23)43)31(36(39,40)41)35(33(32)38)44-29-15-7-3-11-24(29)19-20-25-12-4-8-16-30(25)44/h1-16H,17-20H2. The number of para-hydroxylation sites is 4. The molecule has 0 saturated heterocycles. The van der Waals surface area contributed by atoms with Crippen molar-refractivity contribution >= 4 is 34.1 Å². The van der Waals surface area contributed by atoms with E-state index >= 15 is 22.0 Å². The van der Waals surface area contributed by atoms with Gasteiger partial charge in [0.25, 0.3) is 0 Å². The maximum absolute atomic E-state index is 16.5. The van der Waals surface area contributed by atoms with E-state index in [-0.39, 0.29) is 0 Å². The Morgan fingerprint density at radius 2 is 0.864 bits per heavy atom. The topological polar surface area (TPSA) is 30.3 Å². The minimum Gasteiger partial charge on any atom is -0.308 e. The lowest BCUT2D eigenvalue weighted by Crippen LogP contribution is -2.26.